The van der Waals surface area contributed by atoms with Gasteiger partial charge in [-0.05, 0) is 43.1 Å². The molecule has 1 aromatic rings. The summed E-state index contributed by atoms with van der Waals surface area (Å²) >= 11 is 0. The first-order chi connectivity index (χ1) is 11.4. The Kier molecular flexibility index (Phi) is 4.88. The Morgan fingerprint density at radius 2 is 1.83 bits per heavy atom. The minimum atomic E-state index is -4.19. The molecule has 2 nitrogen and oxygen atoms in total. The Morgan fingerprint density at radius 3 is 2.42 bits per heavy atom. The first-order valence-electron chi connectivity index (χ1n) is 8.78. The van der Waals surface area contributed by atoms with Gasteiger partial charge in [-0.2, -0.15) is 13.2 Å². The Labute approximate surface area is 140 Å². The molecule has 132 valence electrons. The maximum Gasteiger partial charge on any atom is 0.391 e. The Bertz CT molecular complexity index is 572. The second kappa shape index (κ2) is 6.77. The standard InChI is InChI=1S/C19H24F3NO/c1-12-10-16(12)17(13-6-3-2-4-7-13)23-18(24)14-8-5-9-15(11-14)19(20,21)22/h2-4,6-7,12,14-17H,5,8-11H2,1H3,(H,23,24). The molecule has 2 aliphatic carbocycles. The number of benzene rings is 1. The van der Waals surface area contributed by atoms with Crippen molar-refractivity contribution in [3.63, 3.8) is 0 Å². The lowest BCUT2D eigenvalue weighted by Crippen LogP contribution is -2.39. The van der Waals surface area contributed by atoms with Crippen LogP contribution in [0.1, 0.15) is 50.6 Å². The van der Waals surface area contributed by atoms with Gasteiger partial charge in [-0.3, -0.25) is 4.79 Å². The molecule has 2 saturated carbocycles. The highest BCUT2D eigenvalue weighted by Gasteiger charge is 2.45. The lowest BCUT2D eigenvalue weighted by atomic mass is 9.80. The number of hydrogen-bond donors (Lipinski definition) is 1. The molecule has 2 fully saturated rings. The summed E-state index contributed by atoms with van der Waals surface area (Å²) in [5.41, 5.74) is 1.04. The number of carbonyl (C=O) groups is 1. The van der Waals surface area contributed by atoms with Crippen molar-refractivity contribution in [3.8, 4) is 0 Å². The summed E-state index contributed by atoms with van der Waals surface area (Å²) in [5, 5.41) is 3.06. The molecule has 5 atom stereocenters. The van der Waals surface area contributed by atoms with E-state index in [0.29, 0.717) is 24.7 Å². The van der Waals surface area contributed by atoms with Crippen LogP contribution in [0.2, 0.25) is 0 Å². The zero-order valence-corrected chi connectivity index (χ0v) is 13.9. The molecule has 0 aliphatic heterocycles. The van der Waals surface area contributed by atoms with E-state index in [1.165, 1.54) is 0 Å². The summed E-state index contributed by atoms with van der Waals surface area (Å²) in [6.45, 7) is 2.15. The SMILES string of the molecule is CC1CC1C(NC(=O)C1CCCC(C(F)(F)F)C1)c1ccccc1. The van der Waals surface area contributed by atoms with Crippen LogP contribution in [0.5, 0.6) is 0 Å². The third kappa shape index (κ3) is 3.93. The van der Waals surface area contributed by atoms with E-state index in [2.05, 4.69) is 12.2 Å². The van der Waals surface area contributed by atoms with Crippen molar-refractivity contribution >= 4 is 5.91 Å². The van der Waals surface area contributed by atoms with E-state index in [0.717, 1.165) is 12.0 Å². The van der Waals surface area contributed by atoms with E-state index < -0.39 is 18.0 Å². The highest BCUT2D eigenvalue weighted by atomic mass is 19.4. The topological polar surface area (TPSA) is 29.1 Å². The van der Waals surface area contributed by atoms with E-state index in [9.17, 15) is 18.0 Å². The maximum atomic E-state index is 13.0. The van der Waals surface area contributed by atoms with Crippen LogP contribution in [0.3, 0.4) is 0 Å². The molecule has 1 amide bonds. The number of halogens is 3. The van der Waals surface area contributed by atoms with Gasteiger partial charge in [-0.25, -0.2) is 0 Å². The fraction of sp³-hybridized carbons (Fsp3) is 0.632. The molecule has 0 spiro atoms. The summed E-state index contributed by atoms with van der Waals surface area (Å²) in [7, 11) is 0. The molecule has 0 radical (unpaired) electrons. The molecular weight excluding hydrogens is 315 g/mol. The normalized spacial score (nSPS) is 31.3. The van der Waals surface area contributed by atoms with Crippen LogP contribution < -0.4 is 5.32 Å². The number of nitrogens with one attached hydrogen (secondary N) is 1. The van der Waals surface area contributed by atoms with Crippen molar-refractivity contribution in [2.75, 3.05) is 0 Å². The zero-order chi connectivity index (χ0) is 17.3. The first kappa shape index (κ1) is 17.3. The summed E-state index contributed by atoms with van der Waals surface area (Å²) in [5.74, 6) is -1.14. The van der Waals surface area contributed by atoms with Crippen molar-refractivity contribution in [1.29, 1.82) is 0 Å². The van der Waals surface area contributed by atoms with E-state index in [1.807, 2.05) is 30.3 Å². The van der Waals surface area contributed by atoms with Crippen LogP contribution >= 0.6 is 0 Å². The molecule has 5 unspecified atom stereocenters. The van der Waals surface area contributed by atoms with E-state index in [4.69, 9.17) is 0 Å². The van der Waals surface area contributed by atoms with E-state index in [-0.39, 0.29) is 24.8 Å². The van der Waals surface area contributed by atoms with Gasteiger partial charge in [-0.1, -0.05) is 43.7 Å². The highest BCUT2D eigenvalue weighted by Crippen LogP contribution is 2.47. The number of hydrogen-bond acceptors (Lipinski definition) is 1. The van der Waals surface area contributed by atoms with Crippen LogP contribution in [0.4, 0.5) is 13.2 Å². The van der Waals surface area contributed by atoms with Gasteiger partial charge in [0, 0.05) is 5.92 Å². The van der Waals surface area contributed by atoms with Crippen LogP contribution in [-0.2, 0) is 4.79 Å². The predicted octanol–water partition coefficient (Wildman–Crippen LogP) is 4.87. The molecule has 1 N–H and O–H groups in total. The van der Waals surface area contributed by atoms with Crippen LogP contribution in [0, 0.1) is 23.7 Å². The van der Waals surface area contributed by atoms with Crippen molar-refractivity contribution < 1.29 is 18.0 Å². The molecule has 1 aromatic carbocycles. The number of alkyl halides is 3. The fourth-order valence-electron chi connectivity index (χ4n) is 3.91. The van der Waals surface area contributed by atoms with E-state index >= 15 is 0 Å². The van der Waals surface area contributed by atoms with Crippen molar-refractivity contribution in [2.45, 2.75) is 51.2 Å². The first-order valence-corrected chi connectivity index (χ1v) is 8.78. The summed E-state index contributed by atoms with van der Waals surface area (Å²) in [4.78, 5) is 12.6. The smallest absolute Gasteiger partial charge is 0.349 e. The van der Waals surface area contributed by atoms with E-state index in [1.54, 1.807) is 0 Å². The second-order valence-corrected chi connectivity index (χ2v) is 7.38. The molecule has 0 aromatic heterocycles. The van der Waals surface area contributed by atoms with Crippen molar-refractivity contribution in [2.24, 2.45) is 23.7 Å². The lowest BCUT2D eigenvalue weighted by Gasteiger charge is -2.31. The average molecular weight is 339 g/mol. The second-order valence-electron chi connectivity index (χ2n) is 7.38. The Balaban J connectivity index is 1.67. The molecule has 0 bridgehead atoms. The Hall–Kier alpha value is -1.52. The molecule has 0 saturated heterocycles. The quantitative estimate of drug-likeness (QED) is 0.833. The fourth-order valence-corrected chi connectivity index (χ4v) is 3.91. The third-order valence-electron chi connectivity index (χ3n) is 5.56. The van der Waals surface area contributed by atoms with Gasteiger partial charge < -0.3 is 5.32 Å². The van der Waals surface area contributed by atoms with Crippen LogP contribution in [0.25, 0.3) is 0 Å². The van der Waals surface area contributed by atoms with Gasteiger partial charge in [-0.15, -0.1) is 0 Å². The van der Waals surface area contributed by atoms with Crippen LogP contribution in [0.15, 0.2) is 30.3 Å². The van der Waals surface area contributed by atoms with Gasteiger partial charge in [0.1, 0.15) is 0 Å². The monoisotopic (exact) mass is 339 g/mol. The molecule has 2 aliphatic rings. The summed E-state index contributed by atoms with van der Waals surface area (Å²) in [6.07, 6.45) is -2.04. The van der Waals surface area contributed by atoms with Gasteiger partial charge in [0.2, 0.25) is 5.91 Å². The average Bonchev–Trinajstić information content (AvgIpc) is 3.29. The minimum Gasteiger partial charge on any atom is -0.349 e. The Morgan fingerprint density at radius 1 is 1.17 bits per heavy atom. The molecule has 5 heteroatoms. The lowest BCUT2D eigenvalue weighted by molar-refractivity contribution is -0.186. The minimum absolute atomic E-state index is 0.0724. The number of rotatable bonds is 4. The number of amides is 1. The van der Waals surface area contributed by atoms with Gasteiger partial charge >= 0.3 is 6.18 Å². The van der Waals surface area contributed by atoms with Crippen molar-refractivity contribution in [1.82, 2.24) is 5.32 Å². The summed E-state index contributed by atoms with van der Waals surface area (Å²) < 4.78 is 38.9. The predicted molar refractivity (Wildman–Crippen MR) is 86.1 cm³/mol. The van der Waals surface area contributed by atoms with Gasteiger partial charge in [0.05, 0.1) is 12.0 Å². The van der Waals surface area contributed by atoms with Crippen molar-refractivity contribution in [3.05, 3.63) is 35.9 Å². The third-order valence-corrected chi connectivity index (χ3v) is 5.56. The summed E-state index contributed by atoms with van der Waals surface area (Å²) in [6, 6.07) is 9.67. The highest BCUT2D eigenvalue weighted by molar-refractivity contribution is 5.79. The van der Waals surface area contributed by atoms with Crippen LogP contribution in [-0.4, -0.2) is 12.1 Å². The molecule has 3 rings (SSSR count). The number of carbonyl (C=O) groups excluding carboxylic acids is 1. The van der Waals surface area contributed by atoms with Gasteiger partial charge in [0.25, 0.3) is 0 Å². The molecule has 0 heterocycles. The largest absolute Gasteiger partial charge is 0.391 e. The van der Waals surface area contributed by atoms with Gasteiger partial charge in [0.15, 0.2) is 0 Å². The molecule has 24 heavy (non-hydrogen) atoms. The maximum absolute atomic E-state index is 13.0. The zero-order valence-electron chi connectivity index (χ0n) is 13.9. The molecular formula is C19H24F3NO.